The van der Waals surface area contributed by atoms with E-state index in [1.807, 2.05) is 11.6 Å². The Balaban J connectivity index is 2.79. The van der Waals surface area contributed by atoms with Crippen molar-refractivity contribution in [3.05, 3.63) is 16.4 Å². The monoisotopic (exact) mass is 307 g/mol. The summed E-state index contributed by atoms with van der Waals surface area (Å²) < 4.78 is 1.98. The molecule has 3 nitrogen and oxygen atoms in total. The molecule has 1 rings (SSSR count). The molecule has 0 saturated heterocycles. The van der Waals surface area contributed by atoms with E-state index in [-0.39, 0.29) is 0 Å². The topological polar surface area (TPSA) is 21.1 Å². The summed E-state index contributed by atoms with van der Waals surface area (Å²) in [4.78, 5) is 2.73. The molecule has 92 valence electrons. The van der Waals surface area contributed by atoms with Crippen molar-refractivity contribution >= 4 is 27.5 Å². The zero-order valence-electron chi connectivity index (χ0n) is 10.3. The summed E-state index contributed by atoms with van der Waals surface area (Å²) in [6.45, 7) is 8.86. The lowest BCUT2D eigenvalue weighted by molar-refractivity contribution is 0.320. The van der Waals surface area contributed by atoms with Crippen molar-refractivity contribution in [2.24, 2.45) is 0 Å². The molecule has 0 fully saturated rings. The third-order valence-electron chi connectivity index (χ3n) is 2.44. The molecule has 0 aliphatic heterocycles. The summed E-state index contributed by atoms with van der Waals surface area (Å²) in [5.74, 6) is 0. The van der Waals surface area contributed by atoms with Crippen LogP contribution in [0.3, 0.4) is 0 Å². The van der Waals surface area contributed by atoms with Crippen LogP contribution in [-0.4, -0.2) is 33.1 Å². The molecule has 0 aliphatic rings. The summed E-state index contributed by atoms with van der Waals surface area (Å²) >= 11 is 9.80. The van der Waals surface area contributed by atoms with Gasteiger partial charge in [-0.05, 0) is 20.9 Å². The second kappa shape index (κ2) is 6.03. The standard InChI is InChI=1S/C11H19BrClN3/c1-5-16-10(11(13)9(3)14-16)7-15(4)6-8(2)12/h8H,5-7H2,1-4H3. The number of hydrogen-bond acceptors (Lipinski definition) is 2. The van der Waals surface area contributed by atoms with E-state index in [1.54, 1.807) is 0 Å². The van der Waals surface area contributed by atoms with Gasteiger partial charge < -0.3 is 0 Å². The highest BCUT2D eigenvalue weighted by atomic mass is 79.9. The molecule has 1 atom stereocenters. The Hall–Kier alpha value is -0.0600. The maximum atomic E-state index is 6.25. The van der Waals surface area contributed by atoms with Crippen LogP contribution in [-0.2, 0) is 13.1 Å². The molecule has 0 bridgehead atoms. The van der Waals surface area contributed by atoms with Crippen molar-refractivity contribution in [2.75, 3.05) is 13.6 Å². The van der Waals surface area contributed by atoms with Gasteiger partial charge in [0.05, 0.1) is 16.4 Å². The Morgan fingerprint density at radius 2 is 2.19 bits per heavy atom. The average Bonchev–Trinajstić information content (AvgIpc) is 2.44. The van der Waals surface area contributed by atoms with Gasteiger partial charge in [-0.25, -0.2) is 0 Å². The van der Waals surface area contributed by atoms with Crippen LogP contribution in [0.25, 0.3) is 0 Å². The molecule has 0 amide bonds. The van der Waals surface area contributed by atoms with Crippen LogP contribution >= 0.6 is 27.5 Å². The largest absolute Gasteiger partial charge is 0.299 e. The summed E-state index contributed by atoms with van der Waals surface area (Å²) in [5, 5.41) is 5.21. The predicted molar refractivity (Wildman–Crippen MR) is 72.4 cm³/mol. The number of alkyl halides is 1. The van der Waals surface area contributed by atoms with Crippen molar-refractivity contribution < 1.29 is 0 Å². The molecule has 1 aromatic rings. The fraction of sp³-hybridized carbons (Fsp3) is 0.727. The summed E-state index contributed by atoms with van der Waals surface area (Å²) in [5.41, 5.74) is 2.02. The first-order valence-corrected chi connectivity index (χ1v) is 6.79. The van der Waals surface area contributed by atoms with Gasteiger partial charge in [-0.3, -0.25) is 9.58 Å². The minimum Gasteiger partial charge on any atom is -0.299 e. The van der Waals surface area contributed by atoms with E-state index in [0.29, 0.717) is 4.83 Å². The van der Waals surface area contributed by atoms with E-state index in [4.69, 9.17) is 11.6 Å². The number of aryl methyl sites for hydroxylation is 2. The second-order valence-corrected chi connectivity index (χ2v) is 6.08. The van der Waals surface area contributed by atoms with Crippen LogP contribution in [0.4, 0.5) is 0 Å². The van der Waals surface area contributed by atoms with E-state index < -0.39 is 0 Å². The smallest absolute Gasteiger partial charge is 0.0860 e. The molecular formula is C11H19BrClN3. The molecule has 0 N–H and O–H groups in total. The van der Waals surface area contributed by atoms with Gasteiger partial charge >= 0.3 is 0 Å². The van der Waals surface area contributed by atoms with E-state index in [2.05, 4.69) is 46.8 Å². The van der Waals surface area contributed by atoms with Gasteiger partial charge in [0.1, 0.15) is 0 Å². The molecule has 16 heavy (non-hydrogen) atoms. The van der Waals surface area contributed by atoms with E-state index in [0.717, 1.165) is 36.0 Å². The number of aromatic nitrogens is 2. The number of halogens is 2. The van der Waals surface area contributed by atoms with Crippen LogP contribution in [0.2, 0.25) is 5.02 Å². The van der Waals surface area contributed by atoms with Crippen LogP contribution in [0.15, 0.2) is 0 Å². The van der Waals surface area contributed by atoms with Gasteiger partial charge in [0, 0.05) is 24.5 Å². The minimum atomic E-state index is 0.482. The quantitative estimate of drug-likeness (QED) is 0.780. The highest BCUT2D eigenvalue weighted by Gasteiger charge is 2.14. The Morgan fingerprint density at radius 1 is 1.56 bits per heavy atom. The average molecular weight is 309 g/mol. The minimum absolute atomic E-state index is 0.482. The van der Waals surface area contributed by atoms with E-state index >= 15 is 0 Å². The summed E-state index contributed by atoms with van der Waals surface area (Å²) in [7, 11) is 2.09. The zero-order chi connectivity index (χ0) is 12.3. The summed E-state index contributed by atoms with van der Waals surface area (Å²) in [6, 6.07) is 0. The Kier molecular flexibility index (Phi) is 5.28. The van der Waals surface area contributed by atoms with Crippen LogP contribution in [0.5, 0.6) is 0 Å². The molecular weight excluding hydrogens is 289 g/mol. The van der Waals surface area contributed by atoms with Gasteiger partial charge in [0.2, 0.25) is 0 Å². The first-order chi connectivity index (χ1) is 7.45. The predicted octanol–water partition coefficient (Wildman–Crippen LogP) is 3.08. The van der Waals surface area contributed by atoms with Crippen molar-refractivity contribution in [3.8, 4) is 0 Å². The van der Waals surface area contributed by atoms with Crippen LogP contribution in [0, 0.1) is 6.92 Å². The second-order valence-electron chi connectivity index (χ2n) is 4.14. The van der Waals surface area contributed by atoms with Crippen LogP contribution < -0.4 is 0 Å². The lowest BCUT2D eigenvalue weighted by Gasteiger charge is -2.18. The maximum absolute atomic E-state index is 6.25. The van der Waals surface area contributed by atoms with Crippen molar-refractivity contribution in [2.45, 2.75) is 38.7 Å². The van der Waals surface area contributed by atoms with Crippen molar-refractivity contribution in [1.82, 2.24) is 14.7 Å². The number of nitrogens with zero attached hydrogens (tertiary/aromatic N) is 3. The van der Waals surface area contributed by atoms with E-state index in [1.165, 1.54) is 0 Å². The third kappa shape index (κ3) is 3.47. The number of hydrogen-bond donors (Lipinski definition) is 0. The summed E-state index contributed by atoms with van der Waals surface area (Å²) in [6.07, 6.45) is 0. The first-order valence-electron chi connectivity index (χ1n) is 5.50. The molecule has 1 heterocycles. The molecule has 0 spiro atoms. The van der Waals surface area contributed by atoms with Crippen molar-refractivity contribution in [3.63, 3.8) is 0 Å². The Morgan fingerprint density at radius 3 is 2.69 bits per heavy atom. The maximum Gasteiger partial charge on any atom is 0.0860 e. The Labute approximate surface area is 111 Å². The van der Waals surface area contributed by atoms with Crippen molar-refractivity contribution in [1.29, 1.82) is 0 Å². The normalized spacial score (nSPS) is 13.4. The van der Waals surface area contributed by atoms with Gasteiger partial charge in [0.15, 0.2) is 0 Å². The zero-order valence-corrected chi connectivity index (χ0v) is 12.6. The molecule has 1 unspecified atom stereocenters. The molecule has 5 heteroatoms. The fourth-order valence-electron chi connectivity index (χ4n) is 1.77. The van der Waals surface area contributed by atoms with Gasteiger partial charge in [-0.1, -0.05) is 34.5 Å². The van der Waals surface area contributed by atoms with Crippen LogP contribution in [0.1, 0.15) is 25.2 Å². The lowest BCUT2D eigenvalue weighted by Crippen LogP contribution is -2.25. The van der Waals surface area contributed by atoms with Gasteiger partial charge in [-0.2, -0.15) is 5.10 Å². The van der Waals surface area contributed by atoms with Gasteiger partial charge in [0.25, 0.3) is 0 Å². The lowest BCUT2D eigenvalue weighted by atomic mass is 10.3. The SMILES string of the molecule is CCn1nc(C)c(Cl)c1CN(C)CC(C)Br. The molecule has 0 aromatic carbocycles. The molecule has 0 aliphatic carbocycles. The molecule has 1 aromatic heterocycles. The fourth-order valence-corrected chi connectivity index (χ4v) is 2.46. The molecule has 0 radical (unpaired) electrons. The third-order valence-corrected chi connectivity index (χ3v) is 3.22. The molecule has 0 saturated carbocycles. The highest BCUT2D eigenvalue weighted by molar-refractivity contribution is 9.09. The van der Waals surface area contributed by atoms with Gasteiger partial charge in [-0.15, -0.1) is 0 Å². The number of rotatable bonds is 5. The first kappa shape index (κ1) is 14.0. The Bertz CT molecular complexity index is 349. The highest BCUT2D eigenvalue weighted by Crippen LogP contribution is 2.21. The van der Waals surface area contributed by atoms with E-state index in [9.17, 15) is 0 Å².